The van der Waals surface area contributed by atoms with E-state index < -0.39 is 11.1 Å². The Balaban J connectivity index is 1.57. The summed E-state index contributed by atoms with van der Waals surface area (Å²) in [6, 6.07) is 5.44. The van der Waals surface area contributed by atoms with Gasteiger partial charge in [-0.15, -0.1) is 0 Å². The molecule has 2 unspecified atom stereocenters. The van der Waals surface area contributed by atoms with Crippen molar-refractivity contribution in [1.29, 1.82) is 0 Å². The van der Waals surface area contributed by atoms with E-state index >= 15 is 0 Å². The van der Waals surface area contributed by atoms with Crippen LogP contribution in [-0.4, -0.2) is 67.5 Å². The molecule has 2 aliphatic heterocycles. The van der Waals surface area contributed by atoms with Gasteiger partial charge in [-0.05, 0) is 62.2 Å². The van der Waals surface area contributed by atoms with E-state index in [0.717, 1.165) is 49.9 Å². The Hall–Kier alpha value is -2.31. The second-order valence-corrected chi connectivity index (χ2v) is 8.97. The molecule has 2 aliphatic rings. The first-order valence-electron chi connectivity index (χ1n) is 11.3. The van der Waals surface area contributed by atoms with Gasteiger partial charge < -0.3 is 31.2 Å². The molecule has 1 aromatic carbocycles. The van der Waals surface area contributed by atoms with Crippen molar-refractivity contribution in [2.75, 3.05) is 45.9 Å². The highest BCUT2D eigenvalue weighted by Gasteiger charge is 2.21. The van der Waals surface area contributed by atoms with Crippen LogP contribution in [0.25, 0.3) is 0 Å². The van der Waals surface area contributed by atoms with Gasteiger partial charge in [0.25, 0.3) is 0 Å². The molecule has 5 N–H and O–H groups in total. The largest absolute Gasteiger partial charge is 0.379 e. The van der Waals surface area contributed by atoms with Crippen molar-refractivity contribution in [3.63, 3.8) is 0 Å². The number of guanidine groups is 1. The summed E-state index contributed by atoms with van der Waals surface area (Å²) in [4.78, 5) is 15.3. The van der Waals surface area contributed by atoms with E-state index in [2.05, 4.69) is 20.9 Å². The molecule has 0 bridgehead atoms. The fraction of sp³-hybridized carbons (Fsp3) is 0.545. The average molecular weight is 479 g/mol. The normalized spacial score (nSPS) is 19.8. The highest BCUT2D eigenvalue weighted by molar-refractivity contribution is 7.80. The number of rotatable bonds is 13. The number of aldehydes is 1. The number of nitrogens with two attached hydrogens (primary N) is 1. The molecular formula is C22H34N6O4S. The maximum absolute atomic E-state index is 12.8. The van der Waals surface area contributed by atoms with Gasteiger partial charge in [-0.3, -0.25) is 0 Å². The van der Waals surface area contributed by atoms with Crippen molar-refractivity contribution >= 4 is 23.3 Å². The Morgan fingerprint density at radius 1 is 1.30 bits per heavy atom. The molecule has 10 nitrogen and oxygen atoms in total. The predicted molar refractivity (Wildman–Crippen MR) is 127 cm³/mol. The fourth-order valence-corrected chi connectivity index (χ4v) is 4.34. The lowest BCUT2D eigenvalue weighted by Crippen LogP contribution is -2.39. The second-order valence-electron chi connectivity index (χ2n) is 7.88. The third-order valence-electron chi connectivity index (χ3n) is 5.30. The van der Waals surface area contributed by atoms with Gasteiger partial charge in [0, 0.05) is 26.1 Å². The summed E-state index contributed by atoms with van der Waals surface area (Å²) in [5, 5.41) is 11.5. The number of morpholine rings is 1. The molecule has 182 valence electrons. The summed E-state index contributed by atoms with van der Waals surface area (Å²) >= 11 is -1.61. The number of carbonyl (C=O) groups excluding carboxylic acids is 1. The van der Waals surface area contributed by atoms with E-state index in [1.165, 1.54) is 0 Å². The molecule has 1 saturated heterocycles. The van der Waals surface area contributed by atoms with Gasteiger partial charge in [0.2, 0.25) is 11.1 Å². The summed E-state index contributed by atoms with van der Waals surface area (Å²) < 4.78 is 23.7. The third kappa shape index (κ3) is 8.20. The summed E-state index contributed by atoms with van der Waals surface area (Å²) in [6.07, 6.45) is 5.28. The molecule has 11 heteroatoms. The molecule has 3 rings (SSSR count). The summed E-state index contributed by atoms with van der Waals surface area (Å²) in [6.45, 7) is 6.76. The van der Waals surface area contributed by atoms with E-state index in [1.807, 2.05) is 31.2 Å². The van der Waals surface area contributed by atoms with Crippen LogP contribution >= 0.6 is 0 Å². The van der Waals surface area contributed by atoms with Gasteiger partial charge in [-0.1, -0.05) is 6.07 Å². The number of benzene rings is 1. The van der Waals surface area contributed by atoms with Crippen LogP contribution in [0.4, 0.5) is 0 Å². The zero-order valence-corrected chi connectivity index (χ0v) is 19.9. The minimum Gasteiger partial charge on any atom is -0.379 e. The van der Waals surface area contributed by atoms with Gasteiger partial charge in [0.1, 0.15) is 12.1 Å². The molecule has 2 heterocycles. The molecule has 33 heavy (non-hydrogen) atoms. The molecule has 0 radical (unpaired) electrons. The number of nitrogens with one attached hydrogen (secondary N) is 3. The van der Waals surface area contributed by atoms with Crippen LogP contribution in [0.5, 0.6) is 0 Å². The molecule has 0 saturated carbocycles. The van der Waals surface area contributed by atoms with E-state index in [9.17, 15) is 9.00 Å². The Morgan fingerprint density at radius 3 is 2.88 bits per heavy atom. The lowest BCUT2D eigenvalue weighted by Gasteiger charge is -2.25. The first-order chi connectivity index (χ1) is 16.1. The molecule has 1 fully saturated rings. The van der Waals surface area contributed by atoms with Gasteiger partial charge in [0.05, 0.1) is 24.2 Å². The molecule has 1 aromatic rings. The molecule has 2 atom stereocenters. The molecule has 0 amide bonds. The Bertz CT molecular complexity index is 872. The second kappa shape index (κ2) is 13.4. The van der Waals surface area contributed by atoms with Crippen molar-refractivity contribution in [2.24, 2.45) is 10.7 Å². The fourth-order valence-electron chi connectivity index (χ4n) is 3.51. The van der Waals surface area contributed by atoms with Crippen LogP contribution in [0.15, 0.2) is 40.0 Å². The SMILES string of the molecule is Cc1ccc(S(=O)ON2CCOCC2)cc1C1C=C(NCCCNCCCC=O)N=C(N)N1. The first-order valence-corrected chi connectivity index (χ1v) is 12.4. The maximum atomic E-state index is 12.8. The van der Waals surface area contributed by atoms with E-state index in [-0.39, 0.29) is 6.04 Å². The number of hydroxylamine groups is 2. The van der Waals surface area contributed by atoms with Gasteiger partial charge >= 0.3 is 0 Å². The zero-order valence-electron chi connectivity index (χ0n) is 19.0. The predicted octanol–water partition coefficient (Wildman–Crippen LogP) is 0.630. The number of ether oxygens (including phenoxy) is 1. The van der Waals surface area contributed by atoms with Crippen molar-refractivity contribution < 1.29 is 18.0 Å². The number of hydrogen-bond acceptors (Lipinski definition) is 10. The number of carbonyl (C=O) groups is 1. The smallest absolute Gasteiger partial charge is 0.206 e. The average Bonchev–Trinajstić information content (AvgIpc) is 2.81. The van der Waals surface area contributed by atoms with E-state index in [0.29, 0.717) is 49.4 Å². The monoisotopic (exact) mass is 478 g/mol. The Morgan fingerprint density at radius 2 is 2.09 bits per heavy atom. The standard InChI is InChI=1S/C22H34N6O4S/c1-17-5-6-18(33(30)32-28-10-13-31-14-11-28)15-19(17)20-16-21(27-22(23)26-20)25-9-4-8-24-7-2-3-12-29/h5-6,12,15-16,20,24-25H,2-4,7-11,13-14H2,1H3,(H3,23,26,27). The Labute approximate surface area is 197 Å². The first kappa shape index (κ1) is 25.3. The van der Waals surface area contributed by atoms with Crippen molar-refractivity contribution in [3.05, 3.63) is 41.2 Å². The highest BCUT2D eigenvalue weighted by Crippen LogP contribution is 2.25. The van der Waals surface area contributed by atoms with Crippen LogP contribution in [-0.2, 0) is 24.9 Å². The molecular weight excluding hydrogens is 444 g/mol. The summed E-state index contributed by atoms with van der Waals surface area (Å²) in [5.41, 5.74) is 8.04. The van der Waals surface area contributed by atoms with Crippen LogP contribution in [0.1, 0.15) is 36.4 Å². The molecule has 0 aliphatic carbocycles. The summed E-state index contributed by atoms with van der Waals surface area (Å²) in [5.74, 6) is 1.03. The minimum atomic E-state index is -1.61. The number of hydrogen-bond donors (Lipinski definition) is 4. The van der Waals surface area contributed by atoms with Gasteiger partial charge in [-0.25, -0.2) is 4.21 Å². The third-order valence-corrected chi connectivity index (χ3v) is 6.29. The van der Waals surface area contributed by atoms with Crippen LogP contribution in [0.2, 0.25) is 0 Å². The molecule has 0 aromatic heterocycles. The lowest BCUT2D eigenvalue weighted by atomic mass is 10.0. The van der Waals surface area contributed by atoms with Gasteiger partial charge in [-0.2, -0.15) is 14.3 Å². The Kier molecular flexibility index (Phi) is 10.3. The van der Waals surface area contributed by atoms with Crippen molar-refractivity contribution in [2.45, 2.75) is 37.1 Å². The maximum Gasteiger partial charge on any atom is 0.206 e. The number of nitrogens with zero attached hydrogens (tertiary/aromatic N) is 2. The highest BCUT2D eigenvalue weighted by atomic mass is 32.2. The number of aliphatic imine (C=N–C) groups is 1. The minimum absolute atomic E-state index is 0.202. The zero-order chi connectivity index (χ0) is 23.5. The number of unbranched alkanes of at least 4 members (excludes halogenated alkanes) is 1. The quantitative estimate of drug-likeness (QED) is 0.238. The van der Waals surface area contributed by atoms with Crippen LogP contribution < -0.4 is 21.7 Å². The van der Waals surface area contributed by atoms with E-state index in [4.69, 9.17) is 14.8 Å². The topological polar surface area (TPSA) is 130 Å². The van der Waals surface area contributed by atoms with Crippen LogP contribution in [0.3, 0.4) is 0 Å². The van der Waals surface area contributed by atoms with Crippen molar-refractivity contribution in [3.8, 4) is 0 Å². The number of aryl methyl sites for hydroxylation is 1. The van der Waals surface area contributed by atoms with Crippen LogP contribution in [0, 0.1) is 6.92 Å². The molecule has 0 spiro atoms. The van der Waals surface area contributed by atoms with Gasteiger partial charge in [0.15, 0.2) is 5.96 Å². The van der Waals surface area contributed by atoms with E-state index in [1.54, 1.807) is 5.06 Å². The lowest BCUT2D eigenvalue weighted by molar-refractivity contribution is -0.109. The summed E-state index contributed by atoms with van der Waals surface area (Å²) in [7, 11) is 0. The van der Waals surface area contributed by atoms with Crippen molar-refractivity contribution in [1.82, 2.24) is 21.0 Å².